The molecular weight excluding hydrogens is 330 g/mol. The minimum atomic E-state index is -4.02. The number of carbonyl (C=O) groups excluding carboxylic acids is 2. The summed E-state index contributed by atoms with van der Waals surface area (Å²) >= 11 is 0. The van der Waals surface area contributed by atoms with Gasteiger partial charge in [0.05, 0.1) is 17.0 Å². The Morgan fingerprint density at radius 1 is 1.21 bits per heavy atom. The number of aryl methyl sites for hydroxylation is 1. The van der Waals surface area contributed by atoms with Gasteiger partial charge in [-0.05, 0) is 31.9 Å². The first kappa shape index (κ1) is 18.4. The summed E-state index contributed by atoms with van der Waals surface area (Å²) in [6, 6.07) is 4.45. The highest BCUT2D eigenvalue weighted by Crippen LogP contribution is 2.17. The van der Waals surface area contributed by atoms with Crippen LogP contribution in [-0.2, 0) is 14.8 Å². The molecule has 0 aliphatic heterocycles. The van der Waals surface area contributed by atoms with E-state index in [4.69, 9.17) is 5.14 Å². The van der Waals surface area contributed by atoms with Gasteiger partial charge in [-0.15, -0.1) is 0 Å². The van der Waals surface area contributed by atoms with E-state index in [1.807, 2.05) is 0 Å². The van der Waals surface area contributed by atoms with Gasteiger partial charge in [0.1, 0.15) is 0 Å². The summed E-state index contributed by atoms with van der Waals surface area (Å²) in [7, 11) is -4.02. The molecule has 8 heteroatoms. The van der Waals surface area contributed by atoms with Crippen molar-refractivity contribution in [3.05, 3.63) is 29.3 Å². The van der Waals surface area contributed by atoms with Gasteiger partial charge in [0.2, 0.25) is 15.9 Å². The third-order valence-electron chi connectivity index (χ3n) is 4.07. The van der Waals surface area contributed by atoms with Crippen LogP contribution in [0, 0.1) is 6.92 Å². The van der Waals surface area contributed by atoms with E-state index < -0.39 is 15.9 Å². The summed E-state index contributed by atoms with van der Waals surface area (Å²) in [5.74, 6) is -0.915. The summed E-state index contributed by atoms with van der Waals surface area (Å²) in [4.78, 5) is 23.9. The Bertz CT molecular complexity index is 725. The Kier molecular flexibility index (Phi) is 5.95. The molecule has 0 heterocycles. The third-order valence-corrected chi connectivity index (χ3v) is 5.04. The van der Waals surface area contributed by atoms with E-state index in [9.17, 15) is 18.0 Å². The SMILES string of the molecule is Cc1ccc(S(N)(=O)=O)c(C(=O)NCC(=O)NC2CCCCC2)c1. The summed E-state index contributed by atoms with van der Waals surface area (Å²) in [6.07, 6.45) is 5.28. The second-order valence-corrected chi connectivity index (χ2v) is 7.66. The highest BCUT2D eigenvalue weighted by atomic mass is 32.2. The molecule has 0 saturated heterocycles. The largest absolute Gasteiger partial charge is 0.352 e. The van der Waals surface area contributed by atoms with Gasteiger partial charge >= 0.3 is 0 Å². The second-order valence-electron chi connectivity index (χ2n) is 6.13. The lowest BCUT2D eigenvalue weighted by molar-refractivity contribution is -0.121. The van der Waals surface area contributed by atoms with E-state index in [2.05, 4.69) is 10.6 Å². The molecule has 132 valence electrons. The number of hydrogen-bond acceptors (Lipinski definition) is 4. The monoisotopic (exact) mass is 353 g/mol. The molecule has 7 nitrogen and oxygen atoms in total. The molecule has 1 aromatic carbocycles. The van der Waals surface area contributed by atoms with Crippen molar-refractivity contribution in [3.8, 4) is 0 Å². The molecular formula is C16H23N3O4S. The highest BCUT2D eigenvalue weighted by molar-refractivity contribution is 7.89. The molecule has 1 saturated carbocycles. The number of nitrogens with two attached hydrogens (primary N) is 1. The van der Waals surface area contributed by atoms with E-state index in [0.717, 1.165) is 31.2 Å². The van der Waals surface area contributed by atoms with Gasteiger partial charge in [0.25, 0.3) is 5.91 Å². The van der Waals surface area contributed by atoms with Crippen LogP contribution >= 0.6 is 0 Å². The first-order valence-corrected chi connectivity index (χ1v) is 9.53. The minimum absolute atomic E-state index is 0.0528. The standard InChI is InChI=1S/C16H23N3O4S/c1-11-7-8-14(24(17,22)23)13(9-11)16(21)18-10-15(20)19-12-5-3-2-4-6-12/h7-9,12H,2-6,10H2,1H3,(H,18,21)(H,19,20)(H2,17,22,23). The Labute approximate surface area is 142 Å². The van der Waals surface area contributed by atoms with Crippen molar-refractivity contribution in [1.29, 1.82) is 0 Å². The van der Waals surface area contributed by atoms with E-state index >= 15 is 0 Å². The van der Waals surface area contributed by atoms with Crippen LogP contribution in [-0.4, -0.2) is 32.8 Å². The molecule has 0 atom stereocenters. The maximum absolute atomic E-state index is 12.2. The molecule has 1 aliphatic rings. The van der Waals surface area contributed by atoms with Gasteiger partial charge < -0.3 is 10.6 Å². The van der Waals surface area contributed by atoms with Crippen LogP contribution in [0.15, 0.2) is 23.1 Å². The molecule has 1 aliphatic carbocycles. The molecule has 1 aromatic rings. The number of primary sulfonamides is 1. The van der Waals surface area contributed by atoms with Crippen molar-refractivity contribution in [2.45, 2.75) is 50.0 Å². The first-order chi connectivity index (χ1) is 11.3. The van der Waals surface area contributed by atoms with Crippen LogP contribution in [0.5, 0.6) is 0 Å². The van der Waals surface area contributed by atoms with E-state index in [1.54, 1.807) is 13.0 Å². The normalized spacial score (nSPS) is 15.8. The molecule has 24 heavy (non-hydrogen) atoms. The van der Waals surface area contributed by atoms with Gasteiger partial charge in [0, 0.05) is 6.04 Å². The number of benzene rings is 1. The highest BCUT2D eigenvalue weighted by Gasteiger charge is 2.21. The lowest BCUT2D eigenvalue weighted by Gasteiger charge is -2.22. The lowest BCUT2D eigenvalue weighted by Crippen LogP contribution is -2.42. The third kappa shape index (κ3) is 5.04. The summed E-state index contributed by atoms with van der Waals surface area (Å²) < 4.78 is 23.2. The van der Waals surface area contributed by atoms with Crippen LogP contribution in [0.3, 0.4) is 0 Å². The van der Waals surface area contributed by atoms with Gasteiger partial charge in [0.15, 0.2) is 0 Å². The fourth-order valence-corrected chi connectivity index (χ4v) is 3.57. The minimum Gasteiger partial charge on any atom is -0.352 e. The lowest BCUT2D eigenvalue weighted by atomic mass is 9.95. The van der Waals surface area contributed by atoms with Crippen LogP contribution in [0.25, 0.3) is 0 Å². The zero-order chi connectivity index (χ0) is 17.7. The van der Waals surface area contributed by atoms with Crippen LogP contribution in [0.4, 0.5) is 0 Å². The van der Waals surface area contributed by atoms with Gasteiger partial charge in [-0.25, -0.2) is 13.6 Å². The number of sulfonamides is 1. The molecule has 0 bridgehead atoms. The maximum atomic E-state index is 12.2. The molecule has 0 radical (unpaired) electrons. The molecule has 0 unspecified atom stereocenters. The molecule has 0 spiro atoms. The summed E-state index contributed by atoms with van der Waals surface area (Å²) in [5, 5.41) is 10.5. The number of hydrogen-bond donors (Lipinski definition) is 3. The predicted molar refractivity (Wildman–Crippen MR) is 89.9 cm³/mol. The molecule has 2 rings (SSSR count). The zero-order valence-corrected chi connectivity index (χ0v) is 14.5. The molecule has 0 aromatic heterocycles. The maximum Gasteiger partial charge on any atom is 0.253 e. The van der Waals surface area contributed by atoms with Crippen LogP contribution in [0.1, 0.15) is 48.0 Å². The summed E-state index contributed by atoms with van der Waals surface area (Å²) in [6.45, 7) is 1.53. The topological polar surface area (TPSA) is 118 Å². The number of carbonyl (C=O) groups is 2. The van der Waals surface area contributed by atoms with Crippen molar-refractivity contribution < 1.29 is 18.0 Å². The Hall–Kier alpha value is -1.93. The molecule has 2 amide bonds. The zero-order valence-electron chi connectivity index (χ0n) is 13.7. The van der Waals surface area contributed by atoms with Crippen molar-refractivity contribution in [2.24, 2.45) is 5.14 Å². The van der Waals surface area contributed by atoms with Crippen molar-refractivity contribution in [2.75, 3.05) is 6.54 Å². The second kappa shape index (κ2) is 7.76. The Balaban J connectivity index is 1.99. The average Bonchev–Trinajstić information content (AvgIpc) is 2.52. The number of nitrogens with one attached hydrogen (secondary N) is 2. The molecule has 1 fully saturated rings. The smallest absolute Gasteiger partial charge is 0.253 e. The quantitative estimate of drug-likeness (QED) is 0.726. The molecule has 4 N–H and O–H groups in total. The van der Waals surface area contributed by atoms with Crippen molar-refractivity contribution in [1.82, 2.24) is 10.6 Å². The van der Waals surface area contributed by atoms with Gasteiger partial charge in [-0.2, -0.15) is 0 Å². The van der Waals surface area contributed by atoms with E-state index in [1.165, 1.54) is 18.6 Å². The number of amides is 2. The van der Waals surface area contributed by atoms with Gasteiger partial charge in [-0.3, -0.25) is 9.59 Å². The fourth-order valence-electron chi connectivity index (χ4n) is 2.85. The van der Waals surface area contributed by atoms with Crippen molar-refractivity contribution >= 4 is 21.8 Å². The predicted octanol–water partition coefficient (Wildman–Crippen LogP) is 0.821. The first-order valence-electron chi connectivity index (χ1n) is 7.98. The van der Waals surface area contributed by atoms with E-state index in [-0.39, 0.29) is 29.0 Å². The number of rotatable bonds is 5. The van der Waals surface area contributed by atoms with Crippen LogP contribution in [0.2, 0.25) is 0 Å². The Morgan fingerprint density at radius 2 is 1.88 bits per heavy atom. The Morgan fingerprint density at radius 3 is 2.50 bits per heavy atom. The van der Waals surface area contributed by atoms with Crippen molar-refractivity contribution in [3.63, 3.8) is 0 Å². The average molecular weight is 353 g/mol. The van der Waals surface area contributed by atoms with E-state index in [0.29, 0.717) is 0 Å². The summed E-state index contributed by atoms with van der Waals surface area (Å²) in [5.41, 5.74) is 0.669. The van der Waals surface area contributed by atoms with Crippen LogP contribution < -0.4 is 15.8 Å². The fraction of sp³-hybridized carbons (Fsp3) is 0.500. The van der Waals surface area contributed by atoms with Gasteiger partial charge in [-0.1, -0.05) is 30.9 Å².